The maximum absolute atomic E-state index is 11.2. The lowest BCUT2D eigenvalue weighted by atomic mass is 10.1. The number of carbonyl (C=O) groups is 1. The number of ether oxygens (including phenoxy) is 1. The molecule has 0 unspecified atom stereocenters. The second-order valence-electron chi connectivity index (χ2n) is 5.24. The molecule has 22 heavy (non-hydrogen) atoms. The number of carboxylic acid groups (broad SMARTS) is 1. The van der Waals surface area contributed by atoms with Crippen molar-refractivity contribution < 1.29 is 14.6 Å². The highest BCUT2D eigenvalue weighted by Gasteiger charge is 2.16. The largest absolute Gasteiger partial charge is 0.493 e. The molecule has 1 N–H and O–H groups in total. The van der Waals surface area contributed by atoms with E-state index < -0.39 is 5.97 Å². The molecule has 0 aliphatic rings. The van der Waals surface area contributed by atoms with E-state index in [1.165, 1.54) is 16.9 Å². The van der Waals surface area contributed by atoms with Crippen molar-refractivity contribution >= 4 is 17.3 Å². The van der Waals surface area contributed by atoms with Crippen LogP contribution in [0.4, 0.5) is 0 Å². The summed E-state index contributed by atoms with van der Waals surface area (Å²) in [5.74, 6) is -0.00792. The monoisotopic (exact) mass is 319 g/mol. The van der Waals surface area contributed by atoms with Gasteiger partial charge in [0.2, 0.25) is 0 Å². The third-order valence-electron chi connectivity index (χ3n) is 3.55. The molecule has 1 aromatic heterocycles. The Morgan fingerprint density at radius 1 is 1.32 bits per heavy atom. The summed E-state index contributed by atoms with van der Waals surface area (Å²) in [6.07, 6.45) is 2.22. The summed E-state index contributed by atoms with van der Waals surface area (Å²) in [6.45, 7) is 6.62. The average molecular weight is 319 g/mol. The molecule has 1 aromatic carbocycles. The van der Waals surface area contributed by atoms with E-state index in [1.54, 1.807) is 0 Å². The summed E-state index contributed by atoms with van der Waals surface area (Å²) in [5.41, 5.74) is 3.03. The van der Waals surface area contributed by atoms with Crippen molar-refractivity contribution in [1.82, 2.24) is 4.98 Å². The maximum Gasteiger partial charge on any atom is 0.347 e. The van der Waals surface area contributed by atoms with Crippen LogP contribution in [0.1, 0.15) is 44.8 Å². The lowest BCUT2D eigenvalue weighted by Crippen LogP contribution is -2.03. The maximum atomic E-state index is 11.2. The first kappa shape index (κ1) is 16.5. The van der Waals surface area contributed by atoms with Gasteiger partial charge in [-0.05, 0) is 37.5 Å². The first-order valence-corrected chi connectivity index (χ1v) is 8.25. The van der Waals surface area contributed by atoms with Gasteiger partial charge in [0.25, 0.3) is 0 Å². The van der Waals surface area contributed by atoms with E-state index >= 15 is 0 Å². The van der Waals surface area contributed by atoms with Crippen molar-refractivity contribution in [3.8, 4) is 5.75 Å². The minimum Gasteiger partial charge on any atom is -0.493 e. The van der Waals surface area contributed by atoms with Crippen LogP contribution >= 0.6 is 11.3 Å². The Bertz CT molecular complexity index is 664. The number of hydrogen-bond donors (Lipinski definition) is 1. The molecule has 0 bridgehead atoms. The second kappa shape index (κ2) is 7.40. The fourth-order valence-corrected chi connectivity index (χ4v) is 3.14. The molecule has 0 spiro atoms. The third-order valence-corrected chi connectivity index (χ3v) is 4.70. The van der Waals surface area contributed by atoms with Crippen LogP contribution in [-0.2, 0) is 12.8 Å². The third kappa shape index (κ3) is 3.85. The molecule has 0 atom stereocenters. The molecule has 4 nitrogen and oxygen atoms in total. The van der Waals surface area contributed by atoms with E-state index in [2.05, 4.69) is 18.0 Å². The molecule has 2 rings (SSSR count). The van der Waals surface area contributed by atoms with E-state index in [0.29, 0.717) is 30.0 Å². The Kier molecular flexibility index (Phi) is 5.55. The molecule has 0 fully saturated rings. The molecule has 0 aliphatic heterocycles. The van der Waals surface area contributed by atoms with Gasteiger partial charge in [0.05, 0.1) is 17.3 Å². The fraction of sp³-hybridized carbons (Fsp3) is 0.412. The van der Waals surface area contributed by atoms with Gasteiger partial charge in [0, 0.05) is 6.42 Å². The van der Waals surface area contributed by atoms with Crippen LogP contribution < -0.4 is 4.74 Å². The van der Waals surface area contributed by atoms with E-state index in [9.17, 15) is 9.90 Å². The number of aryl methyl sites for hydroxylation is 2. The number of hydrogen-bond acceptors (Lipinski definition) is 4. The molecule has 0 amide bonds. The lowest BCUT2D eigenvalue weighted by molar-refractivity contribution is 0.0700. The number of aromatic carboxylic acids is 1. The topological polar surface area (TPSA) is 59.4 Å². The smallest absolute Gasteiger partial charge is 0.347 e. The highest BCUT2D eigenvalue weighted by Crippen LogP contribution is 2.23. The first-order valence-electron chi connectivity index (χ1n) is 7.43. The van der Waals surface area contributed by atoms with E-state index in [4.69, 9.17) is 4.74 Å². The molecule has 0 aliphatic carbocycles. The highest BCUT2D eigenvalue weighted by molar-refractivity contribution is 7.13. The lowest BCUT2D eigenvalue weighted by Gasteiger charge is -2.09. The predicted molar refractivity (Wildman–Crippen MR) is 88.2 cm³/mol. The fourth-order valence-electron chi connectivity index (χ4n) is 2.21. The van der Waals surface area contributed by atoms with Crippen LogP contribution in [0.2, 0.25) is 0 Å². The number of thiazole rings is 1. The van der Waals surface area contributed by atoms with Crippen molar-refractivity contribution in [3.63, 3.8) is 0 Å². The van der Waals surface area contributed by atoms with Gasteiger partial charge in [-0.2, -0.15) is 0 Å². The number of carboxylic acids is 1. The van der Waals surface area contributed by atoms with Gasteiger partial charge in [0.1, 0.15) is 10.6 Å². The molecule has 5 heteroatoms. The average Bonchev–Trinajstić information content (AvgIpc) is 2.87. The normalized spacial score (nSPS) is 10.7. The summed E-state index contributed by atoms with van der Waals surface area (Å²) in [4.78, 5) is 16.0. The standard InChI is InChI=1S/C17H21NO3S/c1-4-6-13-16(17(19)20)22-15(18-13)9-10-21-14-8-5-7-11(2)12(14)3/h5,7-8H,4,6,9-10H2,1-3H3,(H,19,20). The quantitative estimate of drug-likeness (QED) is 0.837. The summed E-state index contributed by atoms with van der Waals surface area (Å²) < 4.78 is 5.81. The molecule has 0 saturated heterocycles. The van der Waals surface area contributed by atoms with Crippen LogP contribution in [0, 0.1) is 13.8 Å². The number of nitrogens with zero attached hydrogens (tertiary/aromatic N) is 1. The Hall–Kier alpha value is -1.88. The zero-order valence-corrected chi connectivity index (χ0v) is 14.0. The van der Waals surface area contributed by atoms with Gasteiger partial charge in [-0.15, -0.1) is 11.3 Å². The zero-order valence-electron chi connectivity index (χ0n) is 13.2. The van der Waals surface area contributed by atoms with Gasteiger partial charge >= 0.3 is 5.97 Å². The van der Waals surface area contributed by atoms with Crippen LogP contribution in [0.15, 0.2) is 18.2 Å². The van der Waals surface area contributed by atoms with Crippen LogP contribution in [0.5, 0.6) is 5.75 Å². The summed E-state index contributed by atoms with van der Waals surface area (Å²) in [6, 6.07) is 5.98. The Morgan fingerprint density at radius 2 is 2.09 bits per heavy atom. The van der Waals surface area contributed by atoms with Crippen molar-refractivity contribution in [2.45, 2.75) is 40.0 Å². The molecule has 118 valence electrons. The number of benzene rings is 1. The summed E-state index contributed by atoms with van der Waals surface area (Å²) in [5, 5.41) is 10.0. The molecule has 2 aromatic rings. The van der Waals surface area contributed by atoms with Gasteiger partial charge in [-0.25, -0.2) is 9.78 Å². The Morgan fingerprint density at radius 3 is 2.77 bits per heavy atom. The SMILES string of the molecule is CCCc1nc(CCOc2cccc(C)c2C)sc1C(=O)O. The van der Waals surface area contributed by atoms with Crippen LogP contribution in [0.25, 0.3) is 0 Å². The van der Waals surface area contributed by atoms with Gasteiger partial charge < -0.3 is 9.84 Å². The van der Waals surface area contributed by atoms with E-state index in [0.717, 1.165) is 22.7 Å². The molecular weight excluding hydrogens is 298 g/mol. The molecule has 0 radical (unpaired) electrons. The molecule has 1 heterocycles. The van der Waals surface area contributed by atoms with Gasteiger partial charge in [0.15, 0.2) is 0 Å². The van der Waals surface area contributed by atoms with E-state index in [1.807, 2.05) is 26.0 Å². The van der Waals surface area contributed by atoms with Crippen molar-refractivity contribution in [1.29, 1.82) is 0 Å². The summed E-state index contributed by atoms with van der Waals surface area (Å²) >= 11 is 1.26. The van der Waals surface area contributed by atoms with Crippen LogP contribution in [0.3, 0.4) is 0 Å². The minimum atomic E-state index is -0.886. The Labute approximate surface area is 134 Å². The van der Waals surface area contributed by atoms with Crippen molar-refractivity contribution in [2.75, 3.05) is 6.61 Å². The zero-order chi connectivity index (χ0) is 16.1. The predicted octanol–water partition coefficient (Wildman–Crippen LogP) is 4.03. The van der Waals surface area contributed by atoms with E-state index in [-0.39, 0.29) is 0 Å². The van der Waals surface area contributed by atoms with Crippen LogP contribution in [-0.4, -0.2) is 22.7 Å². The summed E-state index contributed by atoms with van der Waals surface area (Å²) in [7, 11) is 0. The number of rotatable bonds is 7. The highest BCUT2D eigenvalue weighted by atomic mass is 32.1. The van der Waals surface area contributed by atoms with Gasteiger partial charge in [-0.3, -0.25) is 0 Å². The van der Waals surface area contributed by atoms with Crippen molar-refractivity contribution in [3.05, 3.63) is 44.9 Å². The second-order valence-corrected chi connectivity index (χ2v) is 6.32. The minimum absolute atomic E-state index is 0.364. The van der Waals surface area contributed by atoms with Gasteiger partial charge in [-0.1, -0.05) is 25.5 Å². The first-order chi connectivity index (χ1) is 10.5. The number of aromatic nitrogens is 1. The molecular formula is C17H21NO3S. The van der Waals surface area contributed by atoms with Crippen molar-refractivity contribution in [2.24, 2.45) is 0 Å². The Balaban J connectivity index is 2.01. The molecule has 0 saturated carbocycles.